The smallest absolute Gasteiger partial charge is 0.264 e. The van der Waals surface area contributed by atoms with Gasteiger partial charge in [0, 0.05) is 45.2 Å². The first-order valence-electron chi connectivity index (χ1n) is 8.71. The second kappa shape index (κ2) is 7.53. The molecule has 3 rings (SSSR count). The van der Waals surface area contributed by atoms with E-state index in [-0.39, 0.29) is 11.8 Å². The fourth-order valence-electron chi connectivity index (χ4n) is 3.10. The van der Waals surface area contributed by atoms with E-state index in [2.05, 4.69) is 15.3 Å². The normalized spacial score (nSPS) is 15.7. The summed E-state index contributed by atoms with van der Waals surface area (Å²) in [5.74, 6) is 0.143. The number of fused-ring (bicyclic) bond motifs is 1. The molecule has 25 heavy (non-hydrogen) atoms. The summed E-state index contributed by atoms with van der Waals surface area (Å²) >= 11 is 1.50. The quantitative estimate of drug-likeness (QED) is 0.867. The average Bonchev–Trinajstić information content (AvgIpc) is 3.15. The molecule has 0 atom stereocenters. The van der Waals surface area contributed by atoms with Crippen molar-refractivity contribution in [1.82, 2.24) is 24.9 Å². The Morgan fingerprint density at radius 1 is 1.28 bits per heavy atom. The van der Waals surface area contributed by atoms with E-state index in [1.807, 2.05) is 36.5 Å². The van der Waals surface area contributed by atoms with Gasteiger partial charge in [0.25, 0.3) is 5.91 Å². The number of amides is 2. The molecular formula is C17H25N5O2S. The van der Waals surface area contributed by atoms with E-state index in [1.54, 1.807) is 0 Å². The van der Waals surface area contributed by atoms with E-state index in [1.165, 1.54) is 11.3 Å². The molecule has 1 aliphatic heterocycles. The Morgan fingerprint density at radius 3 is 2.64 bits per heavy atom. The number of aryl methyl sites for hydroxylation is 2. The zero-order chi connectivity index (χ0) is 18.0. The lowest BCUT2D eigenvalue weighted by molar-refractivity contribution is -0.122. The number of piperazine rings is 1. The van der Waals surface area contributed by atoms with Gasteiger partial charge in [-0.15, -0.1) is 11.3 Å². The summed E-state index contributed by atoms with van der Waals surface area (Å²) in [6.07, 6.45) is 0.943. The maximum atomic E-state index is 12.8. The Morgan fingerprint density at radius 2 is 2.00 bits per heavy atom. The van der Waals surface area contributed by atoms with Crippen molar-refractivity contribution in [3.8, 4) is 0 Å². The van der Waals surface area contributed by atoms with E-state index in [9.17, 15) is 9.59 Å². The minimum atomic E-state index is 0.0640. The van der Waals surface area contributed by atoms with Gasteiger partial charge in [0.2, 0.25) is 5.91 Å². The molecule has 2 amide bonds. The van der Waals surface area contributed by atoms with Crippen molar-refractivity contribution < 1.29 is 9.59 Å². The monoisotopic (exact) mass is 363 g/mol. The molecule has 0 bridgehead atoms. The van der Waals surface area contributed by atoms with Crippen LogP contribution in [0.1, 0.15) is 28.7 Å². The van der Waals surface area contributed by atoms with Crippen molar-refractivity contribution in [2.24, 2.45) is 7.05 Å². The molecule has 0 unspecified atom stereocenters. The number of thiophene rings is 1. The molecule has 1 aliphatic rings. The largest absolute Gasteiger partial charge is 0.355 e. The van der Waals surface area contributed by atoms with Crippen LogP contribution in [0, 0.1) is 6.92 Å². The minimum absolute atomic E-state index is 0.0640. The maximum absolute atomic E-state index is 12.8. The van der Waals surface area contributed by atoms with Gasteiger partial charge in [-0.25, -0.2) is 0 Å². The molecule has 0 radical (unpaired) electrons. The molecular weight excluding hydrogens is 338 g/mol. The fourth-order valence-corrected chi connectivity index (χ4v) is 4.19. The lowest BCUT2D eigenvalue weighted by atomic mass is 10.2. The molecule has 0 aliphatic carbocycles. The molecule has 0 aromatic carbocycles. The summed E-state index contributed by atoms with van der Waals surface area (Å²) in [6.45, 7) is 7.92. The summed E-state index contributed by atoms with van der Waals surface area (Å²) in [4.78, 5) is 30.4. The topological polar surface area (TPSA) is 70.5 Å². The molecule has 2 aromatic rings. The summed E-state index contributed by atoms with van der Waals surface area (Å²) in [7, 11) is 1.91. The van der Waals surface area contributed by atoms with Crippen molar-refractivity contribution in [3.05, 3.63) is 16.6 Å². The highest BCUT2D eigenvalue weighted by Crippen LogP contribution is 2.28. The van der Waals surface area contributed by atoms with E-state index in [4.69, 9.17) is 0 Å². The van der Waals surface area contributed by atoms with Gasteiger partial charge in [-0.1, -0.05) is 6.92 Å². The SMILES string of the molecule is CCCNC(=O)CN1CCN(C(=O)c2cc3c(C)nn(C)c3s2)CC1. The van der Waals surface area contributed by atoms with Gasteiger partial charge in [-0.2, -0.15) is 5.10 Å². The van der Waals surface area contributed by atoms with Crippen molar-refractivity contribution in [1.29, 1.82) is 0 Å². The Labute approximate surface area is 151 Å². The van der Waals surface area contributed by atoms with E-state index < -0.39 is 0 Å². The Kier molecular flexibility index (Phi) is 5.39. The molecule has 0 spiro atoms. The summed E-state index contributed by atoms with van der Waals surface area (Å²) in [6, 6.07) is 1.95. The van der Waals surface area contributed by atoms with Crippen molar-refractivity contribution >= 4 is 33.4 Å². The molecule has 2 aromatic heterocycles. The fraction of sp³-hybridized carbons (Fsp3) is 0.588. The highest BCUT2D eigenvalue weighted by atomic mass is 32.1. The number of carbonyl (C=O) groups is 2. The van der Waals surface area contributed by atoms with Gasteiger partial charge in [0.15, 0.2) is 0 Å². The van der Waals surface area contributed by atoms with Gasteiger partial charge in [0.05, 0.1) is 17.1 Å². The Hall–Kier alpha value is -1.93. The standard InChI is InChI=1S/C17H25N5O2S/c1-4-5-18-15(23)11-21-6-8-22(9-7-21)16(24)14-10-13-12(2)19-20(3)17(13)25-14/h10H,4-9,11H2,1-3H3,(H,18,23). The molecule has 8 heteroatoms. The lowest BCUT2D eigenvalue weighted by Gasteiger charge is -2.34. The van der Waals surface area contributed by atoms with Gasteiger partial charge < -0.3 is 10.2 Å². The molecule has 1 fully saturated rings. The molecule has 7 nitrogen and oxygen atoms in total. The average molecular weight is 363 g/mol. The van der Waals surface area contributed by atoms with E-state index in [0.29, 0.717) is 19.6 Å². The van der Waals surface area contributed by atoms with Crippen LogP contribution in [0.15, 0.2) is 6.07 Å². The van der Waals surface area contributed by atoms with Crippen LogP contribution in [0.5, 0.6) is 0 Å². The van der Waals surface area contributed by atoms with Gasteiger partial charge >= 0.3 is 0 Å². The second-order valence-corrected chi connectivity index (χ2v) is 7.49. The number of hydrogen-bond donors (Lipinski definition) is 1. The number of nitrogens with one attached hydrogen (secondary N) is 1. The van der Waals surface area contributed by atoms with Gasteiger partial charge in [-0.3, -0.25) is 19.2 Å². The first-order chi connectivity index (χ1) is 12.0. The van der Waals surface area contributed by atoms with Gasteiger partial charge in [-0.05, 0) is 19.4 Å². The van der Waals surface area contributed by atoms with Crippen LogP contribution in [0.25, 0.3) is 10.2 Å². The first-order valence-corrected chi connectivity index (χ1v) is 9.52. The van der Waals surface area contributed by atoms with Crippen LogP contribution in [-0.2, 0) is 11.8 Å². The van der Waals surface area contributed by atoms with Gasteiger partial charge in [0.1, 0.15) is 4.83 Å². The van der Waals surface area contributed by atoms with Crippen molar-refractivity contribution in [3.63, 3.8) is 0 Å². The van der Waals surface area contributed by atoms with Crippen LogP contribution < -0.4 is 5.32 Å². The zero-order valence-electron chi connectivity index (χ0n) is 15.0. The second-order valence-electron chi connectivity index (χ2n) is 6.46. The Bertz CT molecular complexity index is 739. The predicted molar refractivity (Wildman–Crippen MR) is 99.0 cm³/mol. The minimum Gasteiger partial charge on any atom is -0.355 e. The Balaban J connectivity index is 1.57. The predicted octanol–water partition coefficient (Wildman–Crippen LogP) is 1.23. The summed E-state index contributed by atoms with van der Waals surface area (Å²) in [5, 5.41) is 8.33. The van der Waals surface area contributed by atoms with Crippen LogP contribution >= 0.6 is 11.3 Å². The first kappa shape index (κ1) is 17.9. The summed E-state index contributed by atoms with van der Waals surface area (Å²) in [5.41, 5.74) is 0.954. The third kappa shape index (κ3) is 3.85. The number of hydrogen-bond acceptors (Lipinski definition) is 5. The maximum Gasteiger partial charge on any atom is 0.264 e. The molecule has 1 saturated heterocycles. The number of carbonyl (C=O) groups excluding carboxylic acids is 2. The third-order valence-corrected chi connectivity index (χ3v) is 5.70. The van der Waals surface area contributed by atoms with Crippen molar-refractivity contribution in [2.45, 2.75) is 20.3 Å². The highest BCUT2D eigenvalue weighted by Gasteiger charge is 2.25. The van der Waals surface area contributed by atoms with Crippen LogP contribution in [0.3, 0.4) is 0 Å². The van der Waals surface area contributed by atoms with Crippen molar-refractivity contribution in [2.75, 3.05) is 39.3 Å². The lowest BCUT2D eigenvalue weighted by Crippen LogP contribution is -2.51. The summed E-state index contributed by atoms with van der Waals surface area (Å²) < 4.78 is 1.83. The van der Waals surface area contributed by atoms with E-state index in [0.717, 1.165) is 46.8 Å². The van der Waals surface area contributed by atoms with E-state index >= 15 is 0 Å². The molecule has 0 saturated carbocycles. The molecule has 3 heterocycles. The third-order valence-electron chi connectivity index (χ3n) is 4.51. The number of nitrogens with zero attached hydrogens (tertiary/aromatic N) is 4. The molecule has 136 valence electrons. The zero-order valence-corrected chi connectivity index (χ0v) is 15.9. The highest BCUT2D eigenvalue weighted by molar-refractivity contribution is 7.20. The van der Waals surface area contributed by atoms with Crippen LogP contribution in [0.2, 0.25) is 0 Å². The van der Waals surface area contributed by atoms with Crippen LogP contribution in [0.4, 0.5) is 0 Å². The number of rotatable bonds is 5. The number of aromatic nitrogens is 2. The van der Waals surface area contributed by atoms with Crippen LogP contribution in [-0.4, -0.2) is 70.7 Å². The molecule has 1 N–H and O–H groups in total.